The molecule has 0 radical (unpaired) electrons. The molecule has 7 rings (SSSR count). The third kappa shape index (κ3) is 7.90. The van der Waals surface area contributed by atoms with E-state index in [4.69, 9.17) is 0 Å². The quantitative estimate of drug-likeness (QED) is 0.146. The molecule has 1 aliphatic heterocycles. The van der Waals surface area contributed by atoms with Crippen molar-refractivity contribution in [3.63, 3.8) is 0 Å². The van der Waals surface area contributed by atoms with E-state index in [1.807, 2.05) is 117 Å². The van der Waals surface area contributed by atoms with E-state index in [0.29, 0.717) is 67.5 Å². The zero-order valence-corrected chi connectivity index (χ0v) is 29.0. The molecule has 0 fully saturated rings. The number of para-hydroxylation sites is 7. The Bertz CT molecular complexity index is 2360. The molecule has 0 spiro atoms. The third-order valence-electron chi connectivity index (χ3n) is 8.43. The van der Waals surface area contributed by atoms with E-state index in [-0.39, 0.29) is 17.2 Å². The zero-order valence-electron chi connectivity index (χ0n) is 29.0. The van der Waals surface area contributed by atoms with Crippen molar-refractivity contribution in [2.75, 3.05) is 0 Å². The summed E-state index contributed by atoms with van der Waals surface area (Å²) in [5, 5.41) is 33.7. The van der Waals surface area contributed by atoms with Crippen molar-refractivity contribution < 1.29 is 15.3 Å². The van der Waals surface area contributed by atoms with Crippen LogP contribution in [-0.2, 0) is 0 Å². The van der Waals surface area contributed by atoms with Crippen LogP contribution in [0.25, 0.3) is 0 Å². The number of nitrogens with zero attached hydrogens (tertiary/aromatic N) is 6. The molecule has 0 atom stereocenters. The summed E-state index contributed by atoms with van der Waals surface area (Å²) in [4.78, 5) is 28.0. The molecule has 0 amide bonds. The lowest BCUT2D eigenvalue weighted by molar-refractivity contribution is 0.473. The van der Waals surface area contributed by atoms with Gasteiger partial charge in [-0.15, -0.1) is 0 Å². The molecule has 0 unspecified atom stereocenters. The van der Waals surface area contributed by atoms with Crippen LogP contribution >= 0.6 is 0 Å². The summed E-state index contributed by atoms with van der Waals surface area (Å²) in [6.45, 7) is 3.87. The average Bonchev–Trinajstić information content (AvgIpc) is 3.17. The molecular formula is C44H34N6O3. The number of benzene rings is 6. The lowest BCUT2D eigenvalue weighted by atomic mass is 10.1. The second-order valence-corrected chi connectivity index (χ2v) is 12.4. The number of rotatable bonds is 0. The predicted molar refractivity (Wildman–Crippen MR) is 217 cm³/mol. The topological polar surface area (TPSA) is 135 Å². The summed E-state index contributed by atoms with van der Waals surface area (Å²) < 4.78 is 0. The molecule has 9 heteroatoms. The molecular weight excluding hydrogens is 661 g/mol. The van der Waals surface area contributed by atoms with Gasteiger partial charge in [-0.3, -0.25) is 30.0 Å². The maximum Gasteiger partial charge on any atom is 0.133 e. The Morgan fingerprint density at radius 2 is 0.528 bits per heavy atom. The summed E-state index contributed by atoms with van der Waals surface area (Å²) in [5.74, 6) is 0.0536. The molecule has 0 saturated heterocycles. The number of phenols is 3. The second kappa shape index (κ2) is 15.3. The Morgan fingerprint density at radius 1 is 0.302 bits per heavy atom. The minimum Gasteiger partial charge on any atom is -0.507 e. The maximum atomic E-state index is 11.3. The lowest BCUT2D eigenvalue weighted by Crippen LogP contribution is -1.92. The molecule has 53 heavy (non-hydrogen) atoms. The zero-order chi connectivity index (χ0) is 36.7. The van der Waals surface area contributed by atoms with Crippen molar-refractivity contribution in [2.24, 2.45) is 30.0 Å². The maximum absolute atomic E-state index is 11.3. The van der Waals surface area contributed by atoms with E-state index < -0.39 is 0 Å². The van der Waals surface area contributed by atoms with Crippen molar-refractivity contribution in [1.82, 2.24) is 0 Å². The fourth-order valence-corrected chi connectivity index (χ4v) is 5.74. The number of hydrogen-bond acceptors (Lipinski definition) is 9. The summed E-state index contributed by atoms with van der Waals surface area (Å²) in [7, 11) is 0. The highest BCUT2D eigenvalue weighted by Gasteiger charge is 2.10. The van der Waals surface area contributed by atoms with Crippen molar-refractivity contribution in [3.8, 4) is 17.2 Å². The van der Waals surface area contributed by atoms with Crippen molar-refractivity contribution in [3.05, 3.63) is 160 Å². The largest absolute Gasteiger partial charge is 0.507 e. The number of fused-ring (bicyclic) bond motifs is 9. The molecule has 0 aliphatic carbocycles. The monoisotopic (exact) mass is 694 g/mol. The lowest BCUT2D eigenvalue weighted by Gasteiger charge is -2.07. The number of aromatic hydroxyl groups is 3. The van der Waals surface area contributed by atoms with Crippen LogP contribution in [-0.4, -0.2) is 52.6 Å². The fraction of sp³-hybridized carbons (Fsp3) is 0.0455. The molecule has 0 aromatic heterocycles. The third-order valence-corrected chi connectivity index (χ3v) is 8.43. The molecule has 0 saturated carbocycles. The van der Waals surface area contributed by atoms with Gasteiger partial charge in [-0.1, -0.05) is 42.5 Å². The number of hydrogen-bond donors (Lipinski definition) is 3. The number of phenolic OH excluding ortho intramolecular Hbond substituents is 3. The average molecular weight is 695 g/mol. The molecule has 9 nitrogen and oxygen atoms in total. The van der Waals surface area contributed by atoms with E-state index in [1.54, 1.807) is 49.4 Å². The second-order valence-electron chi connectivity index (χ2n) is 12.4. The van der Waals surface area contributed by atoms with Crippen LogP contribution in [0.3, 0.4) is 0 Å². The molecule has 258 valence electrons. The Kier molecular flexibility index (Phi) is 9.89. The van der Waals surface area contributed by atoms with Gasteiger partial charge in [0.25, 0.3) is 0 Å². The fourth-order valence-electron chi connectivity index (χ4n) is 5.74. The Balaban J connectivity index is 1.37. The van der Waals surface area contributed by atoms with Crippen molar-refractivity contribution in [2.45, 2.75) is 13.8 Å². The first-order valence-electron chi connectivity index (χ1n) is 16.8. The summed E-state index contributed by atoms with van der Waals surface area (Å²) in [6, 6.07) is 34.8. The molecule has 6 aromatic rings. The normalized spacial score (nSPS) is 12.5. The molecule has 6 aromatic carbocycles. The predicted octanol–water partition coefficient (Wildman–Crippen LogP) is 10.2. The summed E-state index contributed by atoms with van der Waals surface area (Å²) >= 11 is 0. The molecule has 3 N–H and O–H groups in total. The first-order valence-corrected chi connectivity index (χ1v) is 16.8. The first-order chi connectivity index (χ1) is 25.8. The SMILES string of the molecule is Cc1cc2c(O)c(c1)C=Nc1ccccc1N=Cc1cc(C)cc(c1O)C=Nc1ccccc1N=Cc1cccc(c1O)C=Nc1ccccc1N=C2. The van der Waals surface area contributed by atoms with Crippen LogP contribution < -0.4 is 0 Å². The van der Waals surface area contributed by atoms with E-state index in [1.165, 1.54) is 0 Å². The molecule has 1 heterocycles. The Morgan fingerprint density at radius 3 is 0.792 bits per heavy atom. The van der Waals surface area contributed by atoms with E-state index in [2.05, 4.69) is 30.0 Å². The number of aliphatic imine (C=N–C) groups is 6. The van der Waals surface area contributed by atoms with Crippen LogP contribution in [0.4, 0.5) is 34.1 Å². The van der Waals surface area contributed by atoms with Crippen LogP contribution in [0.2, 0.25) is 0 Å². The van der Waals surface area contributed by atoms with Crippen LogP contribution in [0.1, 0.15) is 44.5 Å². The van der Waals surface area contributed by atoms with Gasteiger partial charge in [0, 0.05) is 70.7 Å². The first kappa shape index (κ1) is 34.2. The van der Waals surface area contributed by atoms with Crippen LogP contribution in [0.15, 0.2) is 145 Å². The van der Waals surface area contributed by atoms with Crippen molar-refractivity contribution in [1.29, 1.82) is 0 Å². The van der Waals surface area contributed by atoms with Gasteiger partial charge >= 0.3 is 0 Å². The molecule has 6 bridgehead atoms. The van der Waals surface area contributed by atoms with E-state index >= 15 is 0 Å². The van der Waals surface area contributed by atoms with Crippen LogP contribution in [0.5, 0.6) is 17.2 Å². The highest BCUT2D eigenvalue weighted by molar-refractivity contribution is 5.98. The highest BCUT2D eigenvalue weighted by Crippen LogP contribution is 2.33. The van der Waals surface area contributed by atoms with Gasteiger partial charge in [0.05, 0.1) is 34.1 Å². The smallest absolute Gasteiger partial charge is 0.133 e. The van der Waals surface area contributed by atoms with Gasteiger partial charge in [0.15, 0.2) is 0 Å². The molecule has 1 aliphatic rings. The van der Waals surface area contributed by atoms with E-state index in [0.717, 1.165) is 11.1 Å². The van der Waals surface area contributed by atoms with Crippen LogP contribution in [0, 0.1) is 13.8 Å². The van der Waals surface area contributed by atoms with Gasteiger partial charge in [-0.05, 0) is 97.8 Å². The van der Waals surface area contributed by atoms with Gasteiger partial charge < -0.3 is 15.3 Å². The Labute approximate surface area is 306 Å². The van der Waals surface area contributed by atoms with Gasteiger partial charge in [0.2, 0.25) is 0 Å². The minimum absolute atomic E-state index is 0.0132. The summed E-state index contributed by atoms with van der Waals surface area (Å²) in [6.07, 6.45) is 9.54. The van der Waals surface area contributed by atoms with Gasteiger partial charge in [-0.25, -0.2) is 0 Å². The Hall–Kier alpha value is -7.26. The standard InChI is InChI=1S/C44H34N6O3/c1-28-18-32-24-47-38-14-5-3-12-36(38)45-22-30-10-9-11-31(42(30)51)23-46-37-13-4-6-15-39(37)48-25-33-19-29(2)21-35(44(33)53)27-50-41-17-8-7-16-40(41)49-26-34(20-28)43(32)52/h3-27,51-53H,1-2H3. The summed E-state index contributed by atoms with van der Waals surface area (Å²) in [5.41, 5.74) is 8.28. The number of aryl methyl sites for hydroxylation is 2. The van der Waals surface area contributed by atoms with Crippen molar-refractivity contribution >= 4 is 71.4 Å². The highest BCUT2D eigenvalue weighted by atomic mass is 16.3. The van der Waals surface area contributed by atoms with Gasteiger partial charge in [0.1, 0.15) is 17.2 Å². The van der Waals surface area contributed by atoms with E-state index in [9.17, 15) is 15.3 Å². The minimum atomic E-state index is 0.0132. The van der Waals surface area contributed by atoms with Gasteiger partial charge in [-0.2, -0.15) is 0 Å².